The lowest BCUT2D eigenvalue weighted by atomic mass is 10.1. The smallest absolute Gasteiger partial charge is 0.304 e. The van der Waals surface area contributed by atoms with Crippen LogP contribution in [0.1, 0.15) is 33.6 Å². The zero-order valence-electron chi connectivity index (χ0n) is 13.7. The molecule has 1 aromatic carbocycles. The Kier molecular flexibility index (Phi) is 11.1. The molecule has 0 atom stereocenters. The summed E-state index contributed by atoms with van der Waals surface area (Å²) in [7, 11) is 1.54. The molecule has 148 valence electrons. The van der Waals surface area contributed by atoms with Crippen LogP contribution in [0.3, 0.4) is 0 Å². The summed E-state index contributed by atoms with van der Waals surface area (Å²) >= 11 is 18.4. The molecule has 0 aromatic heterocycles. The molecule has 1 rings (SSSR count). The predicted molar refractivity (Wildman–Crippen MR) is 133 cm³/mol. The Hall–Kier alpha value is 0.620. The van der Waals surface area contributed by atoms with Gasteiger partial charge < -0.3 is 10.0 Å². The molecular formula is C15H12Cl2I3NO5S. The van der Waals surface area contributed by atoms with Crippen molar-refractivity contribution in [2.75, 3.05) is 23.5 Å². The van der Waals surface area contributed by atoms with Gasteiger partial charge in [0.25, 0.3) is 10.5 Å². The largest absolute Gasteiger partial charge is 0.481 e. The summed E-state index contributed by atoms with van der Waals surface area (Å²) < 4.78 is 1.25. The molecule has 0 heterocycles. The first-order valence-corrected chi connectivity index (χ1v) is 12.3. The minimum Gasteiger partial charge on any atom is -0.481 e. The highest BCUT2D eigenvalue weighted by molar-refractivity contribution is 14.1. The molecule has 27 heavy (non-hydrogen) atoms. The molecule has 0 radical (unpaired) electrons. The highest BCUT2D eigenvalue weighted by Crippen LogP contribution is 2.39. The van der Waals surface area contributed by atoms with Gasteiger partial charge >= 0.3 is 5.97 Å². The fourth-order valence-electron chi connectivity index (χ4n) is 2.00. The predicted octanol–water partition coefficient (Wildman–Crippen LogP) is 4.82. The van der Waals surface area contributed by atoms with E-state index in [-0.39, 0.29) is 29.9 Å². The number of carboxylic acids is 1. The summed E-state index contributed by atoms with van der Waals surface area (Å²) in [5.41, 5.74) is 0.658. The second-order valence-corrected chi connectivity index (χ2v) is 10.2. The normalized spacial score (nSPS) is 10.6. The summed E-state index contributed by atoms with van der Waals surface area (Å²) in [5.74, 6) is -0.251. The highest BCUT2D eigenvalue weighted by Gasteiger charge is 2.29. The molecule has 6 nitrogen and oxygen atoms in total. The number of rotatable bonds is 9. The first-order chi connectivity index (χ1) is 12.5. The van der Waals surface area contributed by atoms with E-state index < -0.39 is 16.5 Å². The Labute approximate surface area is 210 Å². The zero-order valence-corrected chi connectivity index (χ0v) is 22.5. The summed E-state index contributed by atoms with van der Waals surface area (Å²) in [6.07, 6.45) is 0.206. The second kappa shape index (κ2) is 11.7. The van der Waals surface area contributed by atoms with Gasteiger partial charge in [0, 0.05) is 28.5 Å². The van der Waals surface area contributed by atoms with Gasteiger partial charge in [-0.2, -0.15) is 11.8 Å². The SMILES string of the molecule is CN(C(=O)CCSCCC(=O)O)c1c(I)c(C(=O)Cl)c(I)c(C(=O)Cl)c1I. The number of hydrogen-bond donors (Lipinski definition) is 1. The van der Waals surface area contributed by atoms with Gasteiger partial charge in [-0.3, -0.25) is 19.2 Å². The van der Waals surface area contributed by atoms with Gasteiger partial charge in [-0.1, -0.05) is 0 Å². The molecule has 0 unspecified atom stereocenters. The van der Waals surface area contributed by atoms with Crippen LogP contribution in [-0.2, 0) is 9.59 Å². The van der Waals surface area contributed by atoms with E-state index in [1.807, 2.05) is 67.8 Å². The van der Waals surface area contributed by atoms with Crippen LogP contribution < -0.4 is 4.90 Å². The van der Waals surface area contributed by atoms with Crippen molar-refractivity contribution in [3.63, 3.8) is 0 Å². The minimum absolute atomic E-state index is 0.0317. The van der Waals surface area contributed by atoms with E-state index in [9.17, 15) is 19.2 Å². The standard InChI is InChI=1S/C15H12Cl2I3NO5S/c1-21(6(22)2-4-27-5-3-7(23)24)13-11(19)8(14(16)25)10(18)9(12(13)20)15(17)26/h2-5H2,1H3,(H,23,24). The van der Waals surface area contributed by atoms with Crippen molar-refractivity contribution in [2.45, 2.75) is 12.8 Å². The van der Waals surface area contributed by atoms with E-state index in [0.717, 1.165) is 0 Å². The van der Waals surface area contributed by atoms with Crippen molar-refractivity contribution in [1.29, 1.82) is 0 Å². The highest BCUT2D eigenvalue weighted by atomic mass is 127. The second-order valence-electron chi connectivity index (χ2n) is 5.05. The molecule has 1 N–H and O–H groups in total. The molecule has 0 aliphatic heterocycles. The Morgan fingerprint density at radius 2 is 1.37 bits per heavy atom. The maximum atomic E-state index is 12.5. The first-order valence-electron chi connectivity index (χ1n) is 7.16. The molecule has 0 aliphatic carbocycles. The Bertz CT molecular complexity index is 765. The average molecular weight is 770 g/mol. The Morgan fingerprint density at radius 1 is 0.926 bits per heavy atom. The number of nitrogens with zero attached hydrogens (tertiary/aromatic N) is 1. The van der Waals surface area contributed by atoms with Crippen LogP contribution >= 0.6 is 103 Å². The molecule has 0 aliphatic rings. The Morgan fingerprint density at radius 3 is 1.78 bits per heavy atom. The Balaban J connectivity index is 3.17. The number of halogens is 5. The van der Waals surface area contributed by atoms with Crippen molar-refractivity contribution in [3.05, 3.63) is 21.8 Å². The van der Waals surface area contributed by atoms with Gasteiger partial charge in [-0.05, 0) is 91.0 Å². The van der Waals surface area contributed by atoms with Crippen LogP contribution in [0, 0.1) is 10.7 Å². The van der Waals surface area contributed by atoms with Crippen LogP contribution in [0.5, 0.6) is 0 Å². The topological polar surface area (TPSA) is 91.8 Å². The molecule has 0 saturated carbocycles. The molecule has 1 aromatic rings. The average Bonchev–Trinajstić information content (AvgIpc) is 2.52. The molecule has 0 fully saturated rings. The number of anilines is 1. The third kappa shape index (κ3) is 6.83. The molecular weight excluding hydrogens is 758 g/mol. The lowest BCUT2D eigenvalue weighted by Crippen LogP contribution is -2.29. The van der Waals surface area contributed by atoms with E-state index in [4.69, 9.17) is 28.3 Å². The number of thioether (sulfide) groups is 1. The van der Waals surface area contributed by atoms with E-state index in [1.165, 1.54) is 16.7 Å². The van der Waals surface area contributed by atoms with Crippen LogP contribution in [0.4, 0.5) is 5.69 Å². The van der Waals surface area contributed by atoms with Gasteiger partial charge in [-0.25, -0.2) is 0 Å². The molecule has 0 spiro atoms. The maximum absolute atomic E-state index is 12.5. The van der Waals surface area contributed by atoms with Crippen molar-refractivity contribution < 1.29 is 24.3 Å². The quantitative estimate of drug-likeness (QED) is 0.220. The number of carbonyl (C=O) groups is 4. The fourth-order valence-corrected chi connectivity index (χ4v) is 8.73. The third-order valence-corrected chi connectivity index (χ3v) is 7.86. The fraction of sp³-hybridized carbons (Fsp3) is 0.333. The van der Waals surface area contributed by atoms with Crippen LogP contribution in [0.25, 0.3) is 0 Å². The van der Waals surface area contributed by atoms with E-state index in [1.54, 1.807) is 7.05 Å². The van der Waals surface area contributed by atoms with E-state index in [2.05, 4.69) is 0 Å². The maximum Gasteiger partial charge on any atom is 0.304 e. The summed E-state index contributed by atoms with van der Waals surface area (Å²) in [6.45, 7) is 0. The number of hydrogen-bond acceptors (Lipinski definition) is 5. The third-order valence-electron chi connectivity index (χ3n) is 3.32. The lowest BCUT2D eigenvalue weighted by Gasteiger charge is -2.24. The number of aliphatic carboxylic acids is 1. The number of carboxylic acid groups (broad SMARTS) is 1. The number of benzene rings is 1. The van der Waals surface area contributed by atoms with Crippen molar-refractivity contribution in [3.8, 4) is 0 Å². The van der Waals surface area contributed by atoms with Crippen LogP contribution in [-0.4, -0.2) is 46.0 Å². The summed E-state index contributed by atoms with van der Waals surface area (Å²) in [5, 5.41) is 7.13. The van der Waals surface area contributed by atoms with Crippen molar-refractivity contribution in [1.82, 2.24) is 0 Å². The molecule has 1 amide bonds. The van der Waals surface area contributed by atoms with Crippen LogP contribution in [0.2, 0.25) is 0 Å². The van der Waals surface area contributed by atoms with Crippen molar-refractivity contribution in [2.24, 2.45) is 0 Å². The number of carbonyl (C=O) groups excluding carboxylic acids is 3. The van der Waals surface area contributed by atoms with Gasteiger partial charge in [0.05, 0.1) is 30.4 Å². The van der Waals surface area contributed by atoms with Gasteiger partial charge in [-0.15, -0.1) is 0 Å². The molecule has 0 bridgehead atoms. The van der Waals surface area contributed by atoms with Gasteiger partial charge in [0.15, 0.2) is 0 Å². The first kappa shape index (κ1) is 25.7. The van der Waals surface area contributed by atoms with E-state index >= 15 is 0 Å². The lowest BCUT2D eigenvalue weighted by molar-refractivity contribution is -0.136. The van der Waals surface area contributed by atoms with Crippen molar-refractivity contribution >= 4 is 131 Å². The summed E-state index contributed by atoms with van der Waals surface area (Å²) in [6, 6.07) is 0. The van der Waals surface area contributed by atoms with Gasteiger partial charge in [0.2, 0.25) is 5.91 Å². The summed E-state index contributed by atoms with van der Waals surface area (Å²) in [4.78, 5) is 48.1. The zero-order chi connectivity index (χ0) is 20.9. The molecule has 12 heteroatoms. The minimum atomic E-state index is -0.884. The number of amides is 1. The van der Waals surface area contributed by atoms with E-state index in [0.29, 0.717) is 27.9 Å². The van der Waals surface area contributed by atoms with Crippen LogP contribution in [0.15, 0.2) is 0 Å². The monoisotopic (exact) mass is 769 g/mol. The van der Waals surface area contributed by atoms with Gasteiger partial charge in [0.1, 0.15) is 0 Å². The molecule has 0 saturated heterocycles.